The van der Waals surface area contributed by atoms with Crippen LogP contribution in [0.2, 0.25) is 5.02 Å². The molecule has 3 rings (SSSR count). The van der Waals surface area contributed by atoms with Crippen LogP contribution >= 0.6 is 11.6 Å². The zero-order valence-electron chi connectivity index (χ0n) is 22.7. The van der Waals surface area contributed by atoms with Crippen LogP contribution in [0.15, 0.2) is 77.7 Å². The van der Waals surface area contributed by atoms with Gasteiger partial charge >= 0.3 is 0 Å². The molecule has 0 aliphatic carbocycles. The van der Waals surface area contributed by atoms with E-state index < -0.39 is 28.5 Å². The fourth-order valence-electron chi connectivity index (χ4n) is 3.95. The lowest BCUT2D eigenvalue weighted by molar-refractivity contribution is -0.139. The summed E-state index contributed by atoms with van der Waals surface area (Å²) < 4.78 is 34.0. The summed E-state index contributed by atoms with van der Waals surface area (Å²) in [5.41, 5.74) is 1.86. The fraction of sp³-hybridized carbons (Fsp3) is 0.310. The monoisotopic (exact) mass is 571 g/mol. The van der Waals surface area contributed by atoms with Gasteiger partial charge in [0, 0.05) is 17.6 Å². The molecule has 39 heavy (non-hydrogen) atoms. The lowest BCUT2D eigenvalue weighted by atomic mass is 10.1. The number of rotatable bonds is 11. The molecule has 0 fully saturated rings. The lowest BCUT2D eigenvalue weighted by Gasteiger charge is -2.32. The standard InChI is InChI=1S/C29H34ClN3O5S/c1-20(2)31-29(35)22(4)32(18-23-8-6-11-26(16-23)38-5)28(34)19-33(25-10-7-9-24(30)17-25)39(36,37)27-14-12-21(3)13-15-27/h6-17,20,22H,18-19H2,1-5H3,(H,31,35). The molecule has 0 aliphatic rings. The molecule has 1 atom stereocenters. The Morgan fingerprint density at radius 2 is 1.64 bits per heavy atom. The number of hydrogen-bond acceptors (Lipinski definition) is 5. The van der Waals surface area contributed by atoms with Crippen molar-refractivity contribution in [3.63, 3.8) is 0 Å². The van der Waals surface area contributed by atoms with E-state index >= 15 is 0 Å². The van der Waals surface area contributed by atoms with Crippen molar-refractivity contribution in [3.05, 3.63) is 88.9 Å². The van der Waals surface area contributed by atoms with E-state index in [0.29, 0.717) is 10.8 Å². The molecule has 1 unspecified atom stereocenters. The number of nitrogens with zero attached hydrogens (tertiary/aromatic N) is 2. The largest absolute Gasteiger partial charge is 0.497 e. The fourth-order valence-corrected chi connectivity index (χ4v) is 5.54. The molecular formula is C29H34ClN3O5S. The second-order valence-electron chi connectivity index (χ2n) is 9.52. The highest BCUT2D eigenvalue weighted by Gasteiger charge is 2.32. The summed E-state index contributed by atoms with van der Waals surface area (Å²) in [6.07, 6.45) is 0. The van der Waals surface area contributed by atoms with Crippen LogP contribution in [0.1, 0.15) is 31.9 Å². The highest BCUT2D eigenvalue weighted by atomic mass is 35.5. The van der Waals surface area contributed by atoms with Gasteiger partial charge in [-0.2, -0.15) is 0 Å². The van der Waals surface area contributed by atoms with Gasteiger partial charge in [0.15, 0.2) is 0 Å². The van der Waals surface area contributed by atoms with E-state index in [1.807, 2.05) is 26.8 Å². The van der Waals surface area contributed by atoms with Gasteiger partial charge < -0.3 is 15.0 Å². The van der Waals surface area contributed by atoms with Gasteiger partial charge in [-0.3, -0.25) is 13.9 Å². The Labute approximate surface area is 235 Å². The molecule has 0 aromatic heterocycles. The van der Waals surface area contributed by atoms with Gasteiger partial charge in [-0.1, -0.05) is 47.5 Å². The predicted molar refractivity (Wildman–Crippen MR) is 153 cm³/mol. The van der Waals surface area contributed by atoms with Crippen molar-refractivity contribution >= 4 is 39.1 Å². The summed E-state index contributed by atoms with van der Waals surface area (Å²) in [5, 5.41) is 3.15. The number of nitrogens with one attached hydrogen (secondary N) is 1. The molecule has 8 nitrogen and oxygen atoms in total. The minimum atomic E-state index is -4.16. The number of amides is 2. The maximum Gasteiger partial charge on any atom is 0.264 e. The first-order valence-corrected chi connectivity index (χ1v) is 14.3. The SMILES string of the molecule is COc1cccc(CN(C(=O)CN(c2cccc(Cl)c2)S(=O)(=O)c2ccc(C)cc2)C(C)C(=O)NC(C)C)c1. The molecule has 3 aromatic carbocycles. The first kappa shape index (κ1) is 30.0. The van der Waals surface area contributed by atoms with Gasteiger partial charge in [-0.05, 0) is 75.7 Å². The summed E-state index contributed by atoms with van der Waals surface area (Å²) in [6, 6.07) is 18.8. The van der Waals surface area contributed by atoms with Crippen molar-refractivity contribution in [1.82, 2.24) is 10.2 Å². The van der Waals surface area contributed by atoms with E-state index in [1.165, 1.54) is 23.1 Å². The first-order chi connectivity index (χ1) is 18.4. The third-order valence-electron chi connectivity index (χ3n) is 6.07. The van der Waals surface area contributed by atoms with Crippen molar-refractivity contribution in [3.8, 4) is 5.75 Å². The Kier molecular flexibility index (Phi) is 9.99. The van der Waals surface area contributed by atoms with Crippen LogP contribution in [0.25, 0.3) is 0 Å². The third-order valence-corrected chi connectivity index (χ3v) is 8.09. The van der Waals surface area contributed by atoms with Crippen molar-refractivity contribution in [1.29, 1.82) is 0 Å². The van der Waals surface area contributed by atoms with Crippen LogP contribution in [-0.4, -0.2) is 50.9 Å². The normalized spacial score (nSPS) is 12.1. The first-order valence-electron chi connectivity index (χ1n) is 12.5. The Morgan fingerprint density at radius 3 is 2.26 bits per heavy atom. The van der Waals surface area contributed by atoms with Crippen molar-refractivity contribution in [2.24, 2.45) is 0 Å². The minimum Gasteiger partial charge on any atom is -0.497 e. The summed E-state index contributed by atoms with van der Waals surface area (Å²) in [6.45, 7) is 6.65. The summed E-state index contributed by atoms with van der Waals surface area (Å²) >= 11 is 6.20. The number of halogens is 1. The Hall–Kier alpha value is -3.56. The van der Waals surface area contributed by atoms with Crippen molar-refractivity contribution in [2.75, 3.05) is 18.0 Å². The molecule has 1 N–H and O–H groups in total. The third kappa shape index (κ3) is 7.74. The topological polar surface area (TPSA) is 96.0 Å². The Bertz CT molecular complexity index is 1410. The molecule has 0 saturated heterocycles. The number of ether oxygens (including phenoxy) is 1. The van der Waals surface area contributed by atoms with E-state index in [1.54, 1.807) is 62.6 Å². The molecule has 3 aromatic rings. The number of carbonyl (C=O) groups is 2. The molecule has 2 amide bonds. The summed E-state index contributed by atoms with van der Waals surface area (Å²) in [4.78, 5) is 28.3. The van der Waals surface area contributed by atoms with Crippen LogP contribution in [0.4, 0.5) is 5.69 Å². The molecule has 0 aliphatic heterocycles. The van der Waals surface area contributed by atoms with Crippen LogP contribution < -0.4 is 14.4 Å². The van der Waals surface area contributed by atoms with Crippen molar-refractivity contribution in [2.45, 2.75) is 51.2 Å². The predicted octanol–water partition coefficient (Wildman–Crippen LogP) is 4.79. The van der Waals surface area contributed by atoms with Gasteiger partial charge in [-0.25, -0.2) is 8.42 Å². The number of anilines is 1. The van der Waals surface area contributed by atoms with Gasteiger partial charge in [0.05, 0.1) is 17.7 Å². The molecule has 10 heteroatoms. The molecule has 208 valence electrons. The highest BCUT2D eigenvalue weighted by Crippen LogP contribution is 2.27. The maximum atomic E-state index is 13.9. The van der Waals surface area contributed by atoms with Crippen LogP contribution in [-0.2, 0) is 26.2 Å². The zero-order valence-corrected chi connectivity index (χ0v) is 24.3. The van der Waals surface area contributed by atoms with Crippen LogP contribution in [0.3, 0.4) is 0 Å². The molecular weight excluding hydrogens is 538 g/mol. The van der Waals surface area contributed by atoms with Gasteiger partial charge in [0.2, 0.25) is 11.8 Å². The van der Waals surface area contributed by atoms with Crippen LogP contribution in [0.5, 0.6) is 5.75 Å². The Morgan fingerprint density at radius 1 is 0.974 bits per heavy atom. The number of hydrogen-bond donors (Lipinski definition) is 1. The van der Waals surface area contributed by atoms with E-state index in [0.717, 1.165) is 15.4 Å². The number of benzene rings is 3. The molecule has 0 spiro atoms. The minimum absolute atomic E-state index is 0.0332. The molecule has 0 bridgehead atoms. The summed E-state index contributed by atoms with van der Waals surface area (Å²) in [5.74, 6) is -0.307. The smallest absolute Gasteiger partial charge is 0.264 e. The van der Waals surface area contributed by atoms with E-state index in [2.05, 4.69) is 5.32 Å². The second-order valence-corrected chi connectivity index (χ2v) is 11.8. The van der Waals surface area contributed by atoms with Crippen molar-refractivity contribution < 1.29 is 22.7 Å². The molecule has 0 saturated carbocycles. The maximum absolute atomic E-state index is 13.9. The number of methoxy groups -OCH3 is 1. The Balaban J connectivity index is 2.04. The van der Waals surface area contributed by atoms with E-state index in [-0.39, 0.29) is 29.1 Å². The summed E-state index contributed by atoms with van der Waals surface area (Å²) in [7, 11) is -2.62. The quantitative estimate of drug-likeness (QED) is 0.357. The lowest BCUT2D eigenvalue weighted by Crippen LogP contribution is -2.52. The van der Waals surface area contributed by atoms with E-state index in [9.17, 15) is 18.0 Å². The second kappa shape index (κ2) is 13.0. The molecule has 0 radical (unpaired) electrons. The van der Waals surface area contributed by atoms with E-state index in [4.69, 9.17) is 16.3 Å². The average molecular weight is 572 g/mol. The average Bonchev–Trinajstić information content (AvgIpc) is 2.89. The van der Waals surface area contributed by atoms with Crippen LogP contribution in [0, 0.1) is 6.92 Å². The van der Waals surface area contributed by atoms with Gasteiger partial charge in [0.1, 0.15) is 18.3 Å². The van der Waals surface area contributed by atoms with Gasteiger partial charge in [0.25, 0.3) is 10.0 Å². The highest BCUT2D eigenvalue weighted by molar-refractivity contribution is 7.92. The number of sulfonamides is 1. The molecule has 0 heterocycles. The number of aryl methyl sites for hydroxylation is 1. The zero-order chi connectivity index (χ0) is 28.7. The number of carbonyl (C=O) groups excluding carboxylic acids is 2. The van der Waals surface area contributed by atoms with Gasteiger partial charge in [-0.15, -0.1) is 0 Å².